The quantitative estimate of drug-likeness (QED) is 0.667. The maximum absolute atomic E-state index is 10.4. The molecule has 7 heteroatoms. The summed E-state index contributed by atoms with van der Waals surface area (Å²) in [5.74, 6) is 1.58. The van der Waals surface area contributed by atoms with Crippen molar-refractivity contribution in [3.63, 3.8) is 0 Å². The zero-order chi connectivity index (χ0) is 17.3. The van der Waals surface area contributed by atoms with Crippen molar-refractivity contribution in [3.05, 3.63) is 36.4 Å². The molecule has 0 saturated carbocycles. The lowest BCUT2D eigenvalue weighted by atomic mass is 10.1. The number of phenolic OH excluding ortho intramolecular Hbond substituents is 1. The molecule has 2 aromatic carbocycles. The average molecular weight is 365 g/mol. The first kappa shape index (κ1) is 18.5. The maximum Gasteiger partial charge on any atom is 0.402 e. The highest BCUT2D eigenvalue weighted by atomic mass is 35.5. The van der Waals surface area contributed by atoms with E-state index >= 15 is 0 Å². The molecule has 1 heterocycles. The maximum atomic E-state index is 10.4. The summed E-state index contributed by atoms with van der Waals surface area (Å²) in [5, 5.41) is 20.7. The van der Waals surface area contributed by atoms with Gasteiger partial charge in [-0.15, -0.1) is 0 Å². The van der Waals surface area contributed by atoms with Crippen LogP contribution in [0.15, 0.2) is 40.8 Å². The van der Waals surface area contributed by atoms with Gasteiger partial charge in [-0.25, -0.2) is 4.42 Å². The molecule has 0 bridgehead atoms. The van der Waals surface area contributed by atoms with Crippen molar-refractivity contribution in [2.24, 2.45) is 0 Å². The Bertz CT molecular complexity index is 910. The Labute approximate surface area is 150 Å². The van der Waals surface area contributed by atoms with E-state index in [9.17, 15) is 10.2 Å². The van der Waals surface area contributed by atoms with Gasteiger partial charge in [0.2, 0.25) is 5.75 Å². The SMILES string of the molecule is COc1cc(OC)c2cc(O)c(-c3ccc(O)c(OC)c3)[o+]c2c1.[Cl-]. The Morgan fingerprint density at radius 3 is 2.16 bits per heavy atom. The van der Waals surface area contributed by atoms with Crippen LogP contribution in [0.1, 0.15) is 0 Å². The van der Waals surface area contributed by atoms with E-state index in [4.69, 9.17) is 18.6 Å². The summed E-state index contributed by atoms with van der Waals surface area (Å²) in [6, 6.07) is 9.65. The van der Waals surface area contributed by atoms with Gasteiger partial charge in [-0.05, 0) is 12.1 Å². The number of rotatable bonds is 4. The Hall–Kier alpha value is -2.86. The summed E-state index contributed by atoms with van der Waals surface area (Å²) in [6.45, 7) is 0. The predicted octanol–water partition coefficient (Wildman–Crippen LogP) is 0.822. The largest absolute Gasteiger partial charge is 1.00 e. The highest BCUT2D eigenvalue weighted by Crippen LogP contribution is 2.40. The fourth-order valence-electron chi connectivity index (χ4n) is 2.48. The fraction of sp³-hybridized carbons (Fsp3) is 0.167. The van der Waals surface area contributed by atoms with Crippen LogP contribution < -0.4 is 26.6 Å². The van der Waals surface area contributed by atoms with Crippen molar-refractivity contribution in [1.29, 1.82) is 0 Å². The second kappa shape index (κ2) is 7.36. The van der Waals surface area contributed by atoms with E-state index in [0.29, 0.717) is 28.0 Å². The molecular weight excluding hydrogens is 348 g/mol. The van der Waals surface area contributed by atoms with E-state index in [-0.39, 0.29) is 35.4 Å². The lowest BCUT2D eigenvalue weighted by Crippen LogP contribution is -3.00. The van der Waals surface area contributed by atoms with Crippen molar-refractivity contribution in [1.82, 2.24) is 0 Å². The van der Waals surface area contributed by atoms with Gasteiger partial charge in [0.1, 0.15) is 16.9 Å². The molecule has 2 N–H and O–H groups in total. The third kappa shape index (κ3) is 3.34. The summed E-state index contributed by atoms with van der Waals surface area (Å²) >= 11 is 0. The van der Waals surface area contributed by atoms with E-state index < -0.39 is 0 Å². The average Bonchev–Trinajstić information content (AvgIpc) is 2.61. The van der Waals surface area contributed by atoms with Crippen LogP contribution in [0.5, 0.6) is 28.7 Å². The van der Waals surface area contributed by atoms with Crippen LogP contribution in [0.25, 0.3) is 22.3 Å². The minimum absolute atomic E-state index is 0. The van der Waals surface area contributed by atoms with Crippen molar-refractivity contribution >= 4 is 11.0 Å². The molecule has 3 aromatic rings. The second-order valence-corrected chi connectivity index (χ2v) is 5.09. The number of halogens is 1. The van der Waals surface area contributed by atoms with Crippen LogP contribution in [0.4, 0.5) is 0 Å². The zero-order valence-electron chi connectivity index (χ0n) is 13.9. The Morgan fingerprint density at radius 2 is 1.52 bits per heavy atom. The molecule has 0 aliphatic heterocycles. The fourth-order valence-corrected chi connectivity index (χ4v) is 2.48. The number of aromatic hydroxyl groups is 2. The van der Waals surface area contributed by atoms with Crippen molar-refractivity contribution in [2.45, 2.75) is 0 Å². The molecule has 25 heavy (non-hydrogen) atoms. The number of phenols is 1. The lowest BCUT2D eigenvalue weighted by molar-refractivity contribution is -0.00000800. The van der Waals surface area contributed by atoms with Gasteiger partial charge in [0.05, 0.1) is 33.0 Å². The lowest BCUT2D eigenvalue weighted by Gasteiger charge is -2.06. The van der Waals surface area contributed by atoms with Crippen LogP contribution in [0.3, 0.4) is 0 Å². The van der Waals surface area contributed by atoms with Crippen LogP contribution in [0, 0.1) is 0 Å². The van der Waals surface area contributed by atoms with E-state index in [0.717, 1.165) is 0 Å². The monoisotopic (exact) mass is 364 g/mol. The van der Waals surface area contributed by atoms with Gasteiger partial charge < -0.3 is 36.8 Å². The van der Waals surface area contributed by atoms with Crippen molar-refractivity contribution in [3.8, 4) is 40.1 Å². The summed E-state index contributed by atoms with van der Waals surface area (Å²) in [7, 11) is 4.53. The topological polar surface area (TPSA) is 79.5 Å². The first-order valence-corrected chi connectivity index (χ1v) is 7.16. The second-order valence-electron chi connectivity index (χ2n) is 5.09. The first-order valence-electron chi connectivity index (χ1n) is 7.16. The summed E-state index contributed by atoms with van der Waals surface area (Å²) < 4.78 is 21.5. The van der Waals surface area contributed by atoms with Crippen LogP contribution in [-0.2, 0) is 0 Å². The minimum atomic E-state index is -0.0568. The van der Waals surface area contributed by atoms with Crippen LogP contribution in [0.2, 0.25) is 0 Å². The normalized spacial score (nSPS) is 10.2. The van der Waals surface area contributed by atoms with Gasteiger partial charge >= 0.3 is 11.3 Å². The smallest absolute Gasteiger partial charge is 0.402 e. The van der Waals surface area contributed by atoms with Gasteiger partial charge in [0.15, 0.2) is 11.5 Å². The number of hydrogen-bond donors (Lipinski definition) is 2. The molecule has 0 aliphatic carbocycles. The molecule has 0 amide bonds. The predicted molar refractivity (Wildman–Crippen MR) is 89.0 cm³/mol. The van der Waals surface area contributed by atoms with Gasteiger partial charge in [0.25, 0.3) is 0 Å². The van der Waals surface area contributed by atoms with Gasteiger partial charge in [-0.2, -0.15) is 0 Å². The standard InChI is InChI=1S/C18H16O6.ClH/c1-21-11-7-15(22-2)12-9-14(20)18(24-16(12)8-11)10-4-5-13(19)17(6-10)23-3;/h4-9H,1-3H3,(H-,19,20);1H. The van der Waals surface area contributed by atoms with E-state index in [1.807, 2.05) is 0 Å². The Balaban J connectivity index is 0.00000225. The molecule has 6 nitrogen and oxygen atoms in total. The third-order valence-electron chi connectivity index (χ3n) is 3.70. The number of ether oxygens (including phenoxy) is 3. The third-order valence-corrected chi connectivity index (χ3v) is 3.70. The minimum Gasteiger partial charge on any atom is -1.00 e. The van der Waals surface area contributed by atoms with E-state index in [1.165, 1.54) is 20.3 Å². The number of benzene rings is 2. The van der Waals surface area contributed by atoms with Gasteiger partial charge in [-0.3, -0.25) is 0 Å². The Kier molecular flexibility index (Phi) is 5.44. The molecule has 0 aliphatic rings. The number of fused-ring (bicyclic) bond motifs is 1. The molecule has 0 radical (unpaired) electrons. The highest BCUT2D eigenvalue weighted by molar-refractivity contribution is 5.88. The van der Waals surface area contributed by atoms with E-state index in [1.54, 1.807) is 37.4 Å². The van der Waals surface area contributed by atoms with Crippen molar-refractivity contribution < 1.29 is 41.2 Å². The Morgan fingerprint density at radius 1 is 0.800 bits per heavy atom. The molecule has 0 fully saturated rings. The van der Waals surface area contributed by atoms with Gasteiger partial charge in [-0.1, -0.05) is 0 Å². The van der Waals surface area contributed by atoms with Crippen molar-refractivity contribution in [2.75, 3.05) is 21.3 Å². The molecule has 132 valence electrons. The molecule has 0 spiro atoms. The molecule has 1 aromatic heterocycles. The first-order chi connectivity index (χ1) is 11.6. The summed E-state index contributed by atoms with van der Waals surface area (Å²) in [6.07, 6.45) is 0. The molecule has 0 atom stereocenters. The van der Waals surface area contributed by atoms with Crippen LogP contribution >= 0.6 is 0 Å². The summed E-state index contributed by atoms with van der Waals surface area (Å²) in [5.41, 5.74) is 1.05. The molecule has 0 saturated heterocycles. The molecule has 0 unspecified atom stereocenters. The highest BCUT2D eigenvalue weighted by Gasteiger charge is 2.25. The van der Waals surface area contributed by atoms with Crippen LogP contribution in [-0.4, -0.2) is 31.5 Å². The summed E-state index contributed by atoms with van der Waals surface area (Å²) in [4.78, 5) is 0. The molecular formula is C18H17ClO6. The zero-order valence-corrected chi connectivity index (χ0v) is 14.6. The van der Waals surface area contributed by atoms with E-state index in [2.05, 4.69) is 0 Å². The number of hydrogen-bond acceptors (Lipinski definition) is 5. The van der Waals surface area contributed by atoms with Gasteiger partial charge in [0, 0.05) is 18.2 Å². The molecule has 3 rings (SSSR count). The number of methoxy groups -OCH3 is 3.